The van der Waals surface area contributed by atoms with Gasteiger partial charge in [0.25, 0.3) is 0 Å². The molecule has 4 heteroatoms. The van der Waals surface area contributed by atoms with Crippen molar-refractivity contribution < 1.29 is 4.79 Å². The minimum Gasteiger partial charge on any atom is -0.370 e. The maximum atomic E-state index is 10.6. The number of nitrogens with zero attached hydrogens (tertiary/aromatic N) is 2. The van der Waals surface area contributed by atoms with E-state index in [1.807, 2.05) is 31.4 Å². The van der Waals surface area contributed by atoms with Crippen LogP contribution in [0.5, 0.6) is 0 Å². The van der Waals surface area contributed by atoms with Crippen molar-refractivity contribution in [2.45, 2.75) is 12.8 Å². The molecule has 0 fully saturated rings. The Hall–Kier alpha value is -1.84. The average molecular weight is 203 g/mol. The van der Waals surface area contributed by atoms with E-state index in [4.69, 9.17) is 5.73 Å². The highest BCUT2D eigenvalue weighted by Crippen LogP contribution is 2.14. The lowest BCUT2D eigenvalue weighted by atomic mass is 10.1. The van der Waals surface area contributed by atoms with Crippen LogP contribution in [0, 0.1) is 0 Å². The minimum absolute atomic E-state index is 0.263. The minimum atomic E-state index is -0.263. The quantitative estimate of drug-likeness (QED) is 0.808. The summed E-state index contributed by atoms with van der Waals surface area (Å²) in [6.45, 7) is 0. The van der Waals surface area contributed by atoms with Crippen molar-refractivity contribution in [1.29, 1.82) is 0 Å². The lowest BCUT2D eigenvalue weighted by Gasteiger charge is -1.98. The summed E-state index contributed by atoms with van der Waals surface area (Å²) in [5, 5.41) is 5.37. The summed E-state index contributed by atoms with van der Waals surface area (Å²) in [6, 6.07) is 6.00. The fraction of sp³-hybridized carbons (Fsp3) is 0.273. The van der Waals surface area contributed by atoms with Gasteiger partial charge in [-0.1, -0.05) is 6.07 Å². The number of hydrogen-bond acceptors (Lipinski definition) is 2. The third-order valence-corrected chi connectivity index (χ3v) is 2.34. The van der Waals surface area contributed by atoms with Gasteiger partial charge in [0.05, 0.1) is 5.52 Å². The predicted molar refractivity (Wildman–Crippen MR) is 58.2 cm³/mol. The molecule has 15 heavy (non-hydrogen) atoms. The molecule has 1 amide bonds. The number of aryl methyl sites for hydroxylation is 2. The molecule has 1 aromatic carbocycles. The molecule has 2 aromatic rings. The number of fused-ring (bicyclic) bond motifs is 1. The molecule has 0 aliphatic carbocycles. The van der Waals surface area contributed by atoms with Crippen LogP contribution in [-0.4, -0.2) is 15.7 Å². The maximum absolute atomic E-state index is 10.6. The van der Waals surface area contributed by atoms with Gasteiger partial charge in [-0.15, -0.1) is 0 Å². The standard InChI is InChI=1S/C11H13N3O/c1-14-7-9-6-8(3-5-11(12)15)2-4-10(9)13-14/h2,4,6-7H,3,5H2,1H3,(H2,12,15). The summed E-state index contributed by atoms with van der Waals surface area (Å²) in [6.07, 6.45) is 3.05. The van der Waals surface area contributed by atoms with Crippen LogP contribution in [0.25, 0.3) is 10.9 Å². The first kappa shape index (κ1) is 9.71. The van der Waals surface area contributed by atoms with E-state index in [2.05, 4.69) is 5.10 Å². The smallest absolute Gasteiger partial charge is 0.217 e. The normalized spacial score (nSPS) is 10.7. The molecule has 78 valence electrons. The van der Waals surface area contributed by atoms with Crippen LogP contribution in [-0.2, 0) is 18.3 Å². The van der Waals surface area contributed by atoms with Crippen molar-refractivity contribution in [3.05, 3.63) is 30.0 Å². The number of carbonyl (C=O) groups is 1. The fourth-order valence-electron chi connectivity index (χ4n) is 1.62. The van der Waals surface area contributed by atoms with Gasteiger partial charge in [-0.2, -0.15) is 5.10 Å². The summed E-state index contributed by atoms with van der Waals surface area (Å²) in [7, 11) is 1.89. The van der Waals surface area contributed by atoms with E-state index in [0.717, 1.165) is 16.5 Å². The lowest BCUT2D eigenvalue weighted by molar-refractivity contribution is -0.117. The van der Waals surface area contributed by atoms with E-state index in [1.54, 1.807) is 4.68 Å². The van der Waals surface area contributed by atoms with Crippen LogP contribution in [0.15, 0.2) is 24.4 Å². The van der Waals surface area contributed by atoms with Crippen LogP contribution >= 0.6 is 0 Å². The van der Waals surface area contributed by atoms with Gasteiger partial charge in [0.1, 0.15) is 0 Å². The van der Waals surface area contributed by atoms with Gasteiger partial charge < -0.3 is 5.73 Å². The monoisotopic (exact) mass is 203 g/mol. The van der Waals surface area contributed by atoms with Gasteiger partial charge in [0.15, 0.2) is 0 Å². The van der Waals surface area contributed by atoms with Crippen molar-refractivity contribution in [1.82, 2.24) is 9.78 Å². The number of benzene rings is 1. The highest BCUT2D eigenvalue weighted by Gasteiger charge is 2.01. The molecule has 0 aliphatic rings. The molecule has 1 aromatic heterocycles. The van der Waals surface area contributed by atoms with Crippen molar-refractivity contribution >= 4 is 16.8 Å². The first-order valence-electron chi connectivity index (χ1n) is 4.86. The molecule has 2 rings (SSSR count). The SMILES string of the molecule is Cn1cc2cc(CCC(N)=O)ccc2n1. The van der Waals surface area contributed by atoms with Crippen LogP contribution in [0.3, 0.4) is 0 Å². The van der Waals surface area contributed by atoms with Crippen molar-refractivity contribution in [3.8, 4) is 0 Å². The number of aromatic nitrogens is 2. The molecule has 0 unspecified atom stereocenters. The first-order valence-corrected chi connectivity index (χ1v) is 4.86. The van der Waals surface area contributed by atoms with E-state index >= 15 is 0 Å². The van der Waals surface area contributed by atoms with E-state index < -0.39 is 0 Å². The number of amides is 1. The van der Waals surface area contributed by atoms with Crippen molar-refractivity contribution in [2.75, 3.05) is 0 Å². The van der Waals surface area contributed by atoms with E-state index in [0.29, 0.717) is 12.8 Å². The zero-order valence-electron chi connectivity index (χ0n) is 8.60. The number of carbonyl (C=O) groups excluding carboxylic acids is 1. The van der Waals surface area contributed by atoms with Gasteiger partial charge in [-0.05, 0) is 24.1 Å². The largest absolute Gasteiger partial charge is 0.370 e. The van der Waals surface area contributed by atoms with E-state index in [1.165, 1.54) is 0 Å². The van der Waals surface area contributed by atoms with E-state index in [-0.39, 0.29) is 5.91 Å². The molecule has 1 heterocycles. The zero-order valence-corrected chi connectivity index (χ0v) is 8.60. The number of nitrogens with two attached hydrogens (primary N) is 1. The zero-order chi connectivity index (χ0) is 10.8. The Morgan fingerprint density at radius 2 is 2.33 bits per heavy atom. The first-order chi connectivity index (χ1) is 7.15. The predicted octanol–water partition coefficient (Wildman–Crippen LogP) is 0.991. The lowest BCUT2D eigenvalue weighted by Crippen LogP contribution is -2.11. The maximum Gasteiger partial charge on any atom is 0.217 e. The Bertz CT molecular complexity index is 502. The van der Waals surface area contributed by atoms with Gasteiger partial charge in [0, 0.05) is 25.1 Å². The molecule has 0 radical (unpaired) electrons. The van der Waals surface area contributed by atoms with Gasteiger partial charge in [-0.25, -0.2) is 0 Å². The average Bonchev–Trinajstić information content (AvgIpc) is 2.53. The second kappa shape index (κ2) is 3.73. The van der Waals surface area contributed by atoms with Gasteiger partial charge in [0.2, 0.25) is 5.91 Å². The Labute approximate surface area is 87.7 Å². The molecule has 2 N–H and O–H groups in total. The second-order valence-corrected chi connectivity index (χ2v) is 3.66. The second-order valence-electron chi connectivity index (χ2n) is 3.66. The Morgan fingerprint density at radius 1 is 1.53 bits per heavy atom. The molecule has 0 spiro atoms. The Balaban J connectivity index is 2.26. The molecule has 0 atom stereocenters. The molecule has 4 nitrogen and oxygen atoms in total. The fourth-order valence-corrected chi connectivity index (χ4v) is 1.62. The van der Waals surface area contributed by atoms with Crippen molar-refractivity contribution in [3.63, 3.8) is 0 Å². The van der Waals surface area contributed by atoms with Crippen LogP contribution < -0.4 is 5.73 Å². The third-order valence-electron chi connectivity index (χ3n) is 2.34. The summed E-state index contributed by atoms with van der Waals surface area (Å²) < 4.78 is 1.78. The summed E-state index contributed by atoms with van der Waals surface area (Å²) in [5.74, 6) is -0.263. The third kappa shape index (κ3) is 2.15. The molecule has 0 bridgehead atoms. The number of rotatable bonds is 3. The topological polar surface area (TPSA) is 60.9 Å². The molecule has 0 saturated heterocycles. The molecule has 0 aliphatic heterocycles. The summed E-state index contributed by atoms with van der Waals surface area (Å²) in [4.78, 5) is 10.6. The molecule has 0 saturated carbocycles. The Morgan fingerprint density at radius 3 is 3.07 bits per heavy atom. The van der Waals surface area contributed by atoms with Crippen LogP contribution in [0.4, 0.5) is 0 Å². The van der Waals surface area contributed by atoms with Crippen LogP contribution in [0.2, 0.25) is 0 Å². The van der Waals surface area contributed by atoms with Crippen molar-refractivity contribution in [2.24, 2.45) is 12.8 Å². The Kier molecular flexibility index (Phi) is 2.41. The molecular formula is C11H13N3O. The van der Waals surface area contributed by atoms with Crippen LogP contribution in [0.1, 0.15) is 12.0 Å². The number of hydrogen-bond donors (Lipinski definition) is 1. The van der Waals surface area contributed by atoms with Gasteiger partial charge >= 0.3 is 0 Å². The highest BCUT2D eigenvalue weighted by molar-refractivity contribution is 5.79. The highest BCUT2D eigenvalue weighted by atomic mass is 16.1. The summed E-state index contributed by atoms with van der Waals surface area (Å²) >= 11 is 0. The van der Waals surface area contributed by atoms with E-state index in [9.17, 15) is 4.79 Å². The molecular weight excluding hydrogens is 190 g/mol. The summed E-state index contributed by atoms with van der Waals surface area (Å²) in [5.41, 5.74) is 7.19. The van der Waals surface area contributed by atoms with Gasteiger partial charge in [-0.3, -0.25) is 9.48 Å². The number of primary amides is 1.